The van der Waals surface area contributed by atoms with E-state index in [0.29, 0.717) is 0 Å². The number of amides is 1. The Kier molecular flexibility index (Phi) is 4.08. The van der Waals surface area contributed by atoms with Crippen molar-refractivity contribution in [2.75, 3.05) is 14.1 Å². The van der Waals surface area contributed by atoms with Crippen molar-refractivity contribution >= 4 is 18.5 Å². The lowest BCUT2D eigenvalue weighted by Crippen LogP contribution is -2.41. The van der Waals surface area contributed by atoms with Crippen LogP contribution in [0.5, 0.6) is 0 Å². The Morgan fingerprint density at radius 2 is 1.45 bits per heavy atom. The molecule has 120 valence electrons. The van der Waals surface area contributed by atoms with Crippen LogP contribution in [0.1, 0.15) is 38.1 Å². The lowest BCUT2D eigenvalue weighted by molar-refractivity contribution is 0.00578. The van der Waals surface area contributed by atoms with Gasteiger partial charge in [0.05, 0.1) is 11.2 Å². The molecular weight excluding hydrogens is 291 g/mol. The number of rotatable bonds is 2. The predicted molar refractivity (Wildman–Crippen MR) is 80.1 cm³/mol. The number of benzene rings is 1. The fourth-order valence-corrected chi connectivity index (χ4v) is 2.14. The van der Waals surface area contributed by atoms with Gasteiger partial charge in [-0.3, -0.25) is 4.79 Å². The molecule has 0 saturated carbocycles. The van der Waals surface area contributed by atoms with E-state index in [4.69, 9.17) is 9.31 Å². The van der Waals surface area contributed by atoms with E-state index in [1.54, 1.807) is 0 Å². The highest BCUT2D eigenvalue weighted by Gasteiger charge is 2.52. The molecule has 22 heavy (non-hydrogen) atoms. The number of carbonyl (C=O) groups is 1. The van der Waals surface area contributed by atoms with Crippen LogP contribution >= 0.6 is 0 Å². The Labute approximate surface area is 129 Å². The van der Waals surface area contributed by atoms with Crippen LogP contribution in [-0.2, 0) is 9.31 Å². The van der Waals surface area contributed by atoms with Gasteiger partial charge in [0.2, 0.25) is 0 Å². The first kappa shape index (κ1) is 16.9. The molecule has 1 amide bonds. The summed E-state index contributed by atoms with van der Waals surface area (Å²) in [6.45, 7) is 7.40. The molecule has 0 N–H and O–H groups in total. The van der Waals surface area contributed by atoms with Crippen LogP contribution < -0.4 is 5.46 Å². The molecule has 0 aliphatic carbocycles. The summed E-state index contributed by atoms with van der Waals surface area (Å²) in [6.07, 6.45) is 0. The maximum atomic E-state index is 14.2. The number of hydrogen-bond acceptors (Lipinski definition) is 3. The Hall–Kier alpha value is -1.47. The molecule has 1 fully saturated rings. The minimum absolute atomic E-state index is 0.212. The Morgan fingerprint density at radius 1 is 1.05 bits per heavy atom. The first-order valence-corrected chi connectivity index (χ1v) is 7.02. The molecule has 0 aromatic heterocycles. The highest BCUT2D eigenvalue weighted by molar-refractivity contribution is 6.62. The van der Waals surface area contributed by atoms with Gasteiger partial charge in [0.25, 0.3) is 5.91 Å². The van der Waals surface area contributed by atoms with Crippen LogP contribution in [0.25, 0.3) is 0 Å². The SMILES string of the molecule is CN(C)C(=O)c1c(F)cc(B2OC(C)(C)C(C)(C)O2)cc1F. The van der Waals surface area contributed by atoms with E-state index in [1.165, 1.54) is 14.1 Å². The average Bonchev–Trinajstić information content (AvgIpc) is 2.57. The third-order valence-electron chi connectivity index (χ3n) is 4.21. The van der Waals surface area contributed by atoms with E-state index in [-0.39, 0.29) is 5.46 Å². The van der Waals surface area contributed by atoms with Crippen LogP contribution in [0.15, 0.2) is 12.1 Å². The molecule has 1 saturated heterocycles. The zero-order valence-corrected chi connectivity index (χ0v) is 13.7. The van der Waals surface area contributed by atoms with Gasteiger partial charge in [-0.25, -0.2) is 8.78 Å². The van der Waals surface area contributed by atoms with Crippen molar-refractivity contribution < 1.29 is 22.9 Å². The van der Waals surface area contributed by atoms with Gasteiger partial charge in [-0.1, -0.05) is 0 Å². The van der Waals surface area contributed by atoms with E-state index in [0.717, 1.165) is 17.0 Å². The van der Waals surface area contributed by atoms with E-state index < -0.39 is 41.4 Å². The first-order chi connectivity index (χ1) is 9.96. The third kappa shape index (κ3) is 2.75. The van der Waals surface area contributed by atoms with Crippen LogP contribution in [0, 0.1) is 11.6 Å². The van der Waals surface area contributed by atoms with Gasteiger partial charge in [-0.15, -0.1) is 0 Å². The highest BCUT2D eigenvalue weighted by atomic mass is 19.1. The molecule has 7 heteroatoms. The Balaban J connectivity index is 2.39. The molecule has 0 spiro atoms. The van der Waals surface area contributed by atoms with Gasteiger partial charge < -0.3 is 14.2 Å². The second kappa shape index (κ2) is 5.31. The molecule has 1 aliphatic heterocycles. The molecule has 0 radical (unpaired) electrons. The van der Waals surface area contributed by atoms with Crippen LogP contribution in [0.3, 0.4) is 0 Å². The van der Waals surface area contributed by atoms with Crippen molar-refractivity contribution in [1.29, 1.82) is 0 Å². The van der Waals surface area contributed by atoms with Gasteiger partial charge in [-0.05, 0) is 45.3 Å². The quantitative estimate of drug-likeness (QED) is 0.784. The molecule has 1 heterocycles. The number of carbonyl (C=O) groups excluding carboxylic acids is 1. The largest absolute Gasteiger partial charge is 0.495 e. The standard InChI is InChI=1S/C15H20BF2NO3/c1-14(2)15(3,4)22-16(21-14)9-7-10(17)12(11(18)8-9)13(20)19(5)6/h7-8H,1-6H3. The molecule has 0 unspecified atom stereocenters. The van der Waals surface area contributed by atoms with Crippen LogP contribution in [-0.4, -0.2) is 43.2 Å². The zero-order chi connectivity index (χ0) is 16.9. The minimum atomic E-state index is -0.927. The molecule has 0 atom stereocenters. The molecule has 1 aromatic rings. The monoisotopic (exact) mass is 311 g/mol. The molecule has 2 rings (SSSR count). The van der Waals surface area contributed by atoms with Crippen molar-refractivity contribution in [2.24, 2.45) is 0 Å². The summed E-state index contributed by atoms with van der Waals surface area (Å²) in [5.41, 5.74) is -1.58. The fraction of sp³-hybridized carbons (Fsp3) is 0.533. The van der Waals surface area contributed by atoms with Gasteiger partial charge in [0.15, 0.2) is 0 Å². The number of halogens is 2. The number of nitrogens with zero attached hydrogens (tertiary/aromatic N) is 1. The maximum Gasteiger partial charge on any atom is 0.495 e. The second-order valence-electron chi connectivity index (χ2n) is 6.65. The molecule has 0 bridgehead atoms. The van der Waals surface area contributed by atoms with Crippen molar-refractivity contribution in [1.82, 2.24) is 4.90 Å². The normalized spacial score (nSPS) is 19.4. The van der Waals surface area contributed by atoms with Crippen molar-refractivity contribution in [3.8, 4) is 0 Å². The minimum Gasteiger partial charge on any atom is -0.399 e. The molecule has 1 aliphatic rings. The lowest BCUT2D eigenvalue weighted by Gasteiger charge is -2.32. The van der Waals surface area contributed by atoms with Crippen LogP contribution in [0.2, 0.25) is 0 Å². The van der Waals surface area contributed by atoms with E-state index >= 15 is 0 Å². The van der Waals surface area contributed by atoms with Crippen molar-refractivity contribution in [2.45, 2.75) is 38.9 Å². The molecule has 4 nitrogen and oxygen atoms in total. The molecular formula is C15H20BF2NO3. The van der Waals surface area contributed by atoms with Crippen molar-refractivity contribution in [3.63, 3.8) is 0 Å². The summed E-state index contributed by atoms with van der Waals surface area (Å²) in [6, 6.07) is 2.17. The topological polar surface area (TPSA) is 38.8 Å². The summed E-state index contributed by atoms with van der Waals surface area (Å²) >= 11 is 0. The van der Waals surface area contributed by atoms with Crippen molar-refractivity contribution in [3.05, 3.63) is 29.3 Å². The summed E-state index contributed by atoms with van der Waals surface area (Å²) in [5, 5.41) is 0. The lowest BCUT2D eigenvalue weighted by atomic mass is 9.78. The van der Waals surface area contributed by atoms with Gasteiger partial charge in [-0.2, -0.15) is 0 Å². The summed E-state index contributed by atoms with van der Waals surface area (Å²) in [7, 11) is 1.99. The average molecular weight is 311 g/mol. The van der Waals surface area contributed by atoms with Crippen LogP contribution in [0.4, 0.5) is 8.78 Å². The maximum absolute atomic E-state index is 14.2. The Morgan fingerprint density at radius 3 is 1.82 bits per heavy atom. The zero-order valence-electron chi connectivity index (χ0n) is 13.7. The fourth-order valence-electron chi connectivity index (χ4n) is 2.14. The number of hydrogen-bond donors (Lipinski definition) is 0. The third-order valence-corrected chi connectivity index (χ3v) is 4.21. The Bertz CT molecular complexity index is 578. The summed E-state index contributed by atoms with van der Waals surface area (Å²) in [4.78, 5) is 12.9. The van der Waals surface area contributed by atoms with Gasteiger partial charge >= 0.3 is 7.12 Å². The smallest absolute Gasteiger partial charge is 0.399 e. The van der Waals surface area contributed by atoms with Gasteiger partial charge in [0.1, 0.15) is 17.2 Å². The highest BCUT2D eigenvalue weighted by Crippen LogP contribution is 2.36. The summed E-state index contributed by atoms with van der Waals surface area (Å²) < 4.78 is 39.8. The second-order valence-corrected chi connectivity index (χ2v) is 6.65. The van der Waals surface area contributed by atoms with E-state index in [2.05, 4.69) is 0 Å². The van der Waals surface area contributed by atoms with E-state index in [9.17, 15) is 13.6 Å². The van der Waals surface area contributed by atoms with E-state index in [1.807, 2.05) is 27.7 Å². The van der Waals surface area contributed by atoms with Gasteiger partial charge in [0, 0.05) is 14.1 Å². The summed E-state index contributed by atoms with van der Waals surface area (Å²) in [5.74, 6) is -2.58. The predicted octanol–water partition coefficient (Wildman–Crippen LogP) is 1.97. The first-order valence-electron chi connectivity index (χ1n) is 7.02. The molecule has 1 aromatic carbocycles.